The van der Waals surface area contributed by atoms with E-state index in [1.165, 1.54) is 0 Å². The number of nitrogens with one attached hydrogen (secondary N) is 1. The molecule has 0 saturated carbocycles. The predicted octanol–water partition coefficient (Wildman–Crippen LogP) is 2.36. The van der Waals surface area contributed by atoms with Gasteiger partial charge in [-0.15, -0.1) is 0 Å². The quantitative estimate of drug-likeness (QED) is 0.852. The molecule has 82 valence electrons. The van der Waals surface area contributed by atoms with Crippen LogP contribution in [0.1, 0.15) is 13.8 Å². The third-order valence-electron chi connectivity index (χ3n) is 2.08. The summed E-state index contributed by atoms with van der Waals surface area (Å²) in [7, 11) is 0. The molecule has 0 fully saturated rings. The van der Waals surface area contributed by atoms with Gasteiger partial charge in [0, 0.05) is 36.4 Å². The van der Waals surface area contributed by atoms with E-state index >= 15 is 0 Å². The van der Waals surface area contributed by atoms with Crippen molar-refractivity contribution >= 4 is 5.95 Å². The van der Waals surface area contributed by atoms with Crippen LogP contribution < -0.4 is 5.32 Å². The summed E-state index contributed by atoms with van der Waals surface area (Å²) in [5.41, 5.74) is 2.07. The lowest BCUT2D eigenvalue weighted by Gasteiger charge is -2.07. The van der Waals surface area contributed by atoms with E-state index in [9.17, 15) is 0 Å². The largest absolute Gasteiger partial charge is 0.352 e. The Kier molecular flexibility index (Phi) is 3.10. The van der Waals surface area contributed by atoms with E-state index in [0.29, 0.717) is 12.0 Å². The molecule has 2 heterocycles. The average Bonchev–Trinajstić information content (AvgIpc) is 2.30. The highest BCUT2D eigenvalue weighted by Crippen LogP contribution is 2.16. The van der Waals surface area contributed by atoms with E-state index in [1.807, 2.05) is 24.5 Å². The first-order valence-corrected chi connectivity index (χ1v) is 5.24. The van der Waals surface area contributed by atoms with Crippen molar-refractivity contribution < 1.29 is 0 Å². The van der Waals surface area contributed by atoms with Gasteiger partial charge in [-0.1, -0.05) is 0 Å². The van der Waals surface area contributed by atoms with Crippen molar-refractivity contribution in [3.8, 4) is 11.1 Å². The molecule has 0 aliphatic rings. The number of aromatic nitrogens is 3. The van der Waals surface area contributed by atoms with Gasteiger partial charge in [0.15, 0.2) is 0 Å². The van der Waals surface area contributed by atoms with Crippen LogP contribution in [0.25, 0.3) is 11.1 Å². The Labute approximate surface area is 94.8 Å². The van der Waals surface area contributed by atoms with E-state index < -0.39 is 0 Å². The lowest BCUT2D eigenvalue weighted by Crippen LogP contribution is -2.12. The molecule has 0 bridgehead atoms. The summed E-state index contributed by atoms with van der Waals surface area (Å²) < 4.78 is 0. The van der Waals surface area contributed by atoms with Crippen LogP contribution in [-0.4, -0.2) is 21.0 Å². The van der Waals surface area contributed by atoms with Crippen molar-refractivity contribution in [2.24, 2.45) is 0 Å². The van der Waals surface area contributed by atoms with Gasteiger partial charge in [0.2, 0.25) is 5.95 Å². The van der Waals surface area contributed by atoms with Gasteiger partial charge in [-0.25, -0.2) is 9.97 Å². The van der Waals surface area contributed by atoms with Crippen LogP contribution in [0, 0.1) is 0 Å². The summed E-state index contributed by atoms with van der Waals surface area (Å²) in [5, 5.41) is 3.15. The van der Waals surface area contributed by atoms with E-state index in [4.69, 9.17) is 0 Å². The molecule has 4 heteroatoms. The molecule has 1 N–H and O–H groups in total. The number of pyridine rings is 1. The monoisotopic (exact) mass is 214 g/mol. The first-order valence-electron chi connectivity index (χ1n) is 5.24. The fourth-order valence-corrected chi connectivity index (χ4v) is 1.35. The summed E-state index contributed by atoms with van der Waals surface area (Å²) in [5.74, 6) is 0.660. The van der Waals surface area contributed by atoms with Gasteiger partial charge in [-0.3, -0.25) is 4.98 Å². The Morgan fingerprint density at radius 3 is 2.19 bits per heavy atom. The molecule has 0 spiro atoms. The molecule has 4 nitrogen and oxygen atoms in total. The van der Waals surface area contributed by atoms with Crippen molar-refractivity contribution in [3.05, 3.63) is 36.9 Å². The maximum Gasteiger partial charge on any atom is 0.222 e. The molecule has 2 aromatic rings. The summed E-state index contributed by atoms with van der Waals surface area (Å²) in [6, 6.07) is 4.22. The SMILES string of the molecule is CC(C)Nc1ncc(-c2ccncc2)cn1. The van der Waals surface area contributed by atoms with Gasteiger partial charge in [-0.05, 0) is 31.5 Å². The first-order chi connectivity index (χ1) is 7.75. The molecular weight excluding hydrogens is 200 g/mol. The highest BCUT2D eigenvalue weighted by atomic mass is 15.1. The van der Waals surface area contributed by atoms with E-state index in [0.717, 1.165) is 11.1 Å². The van der Waals surface area contributed by atoms with Gasteiger partial charge in [0.25, 0.3) is 0 Å². The van der Waals surface area contributed by atoms with Crippen LogP contribution in [0.4, 0.5) is 5.95 Å². The Hall–Kier alpha value is -1.97. The second-order valence-electron chi connectivity index (χ2n) is 3.83. The maximum atomic E-state index is 4.25. The van der Waals surface area contributed by atoms with Crippen LogP contribution in [0.3, 0.4) is 0 Å². The van der Waals surface area contributed by atoms with Crippen molar-refractivity contribution in [2.45, 2.75) is 19.9 Å². The molecule has 0 aliphatic heterocycles. The van der Waals surface area contributed by atoms with Crippen LogP contribution in [-0.2, 0) is 0 Å². The van der Waals surface area contributed by atoms with Gasteiger partial charge in [0.1, 0.15) is 0 Å². The zero-order valence-electron chi connectivity index (χ0n) is 9.38. The Balaban J connectivity index is 2.20. The molecule has 0 aliphatic carbocycles. The number of rotatable bonds is 3. The molecule has 0 radical (unpaired) electrons. The first kappa shape index (κ1) is 10.5. The van der Waals surface area contributed by atoms with Crippen molar-refractivity contribution in [3.63, 3.8) is 0 Å². The fourth-order valence-electron chi connectivity index (χ4n) is 1.35. The van der Waals surface area contributed by atoms with Crippen LogP contribution in [0.5, 0.6) is 0 Å². The number of anilines is 1. The van der Waals surface area contributed by atoms with Crippen molar-refractivity contribution in [2.75, 3.05) is 5.32 Å². The molecule has 0 saturated heterocycles. The highest BCUT2D eigenvalue weighted by molar-refractivity contribution is 5.61. The molecule has 2 rings (SSSR count). The minimum Gasteiger partial charge on any atom is -0.352 e. The standard InChI is InChI=1S/C12H14N4/c1-9(2)16-12-14-7-11(8-15-12)10-3-5-13-6-4-10/h3-9H,1-2H3,(H,14,15,16). The summed E-state index contributed by atoms with van der Waals surface area (Å²) in [6.07, 6.45) is 7.14. The van der Waals surface area contributed by atoms with Crippen LogP contribution >= 0.6 is 0 Å². The zero-order chi connectivity index (χ0) is 11.4. The smallest absolute Gasteiger partial charge is 0.222 e. The minimum absolute atomic E-state index is 0.340. The van der Waals surface area contributed by atoms with Gasteiger partial charge in [0.05, 0.1) is 0 Å². The Morgan fingerprint density at radius 1 is 1.00 bits per heavy atom. The van der Waals surface area contributed by atoms with E-state index in [-0.39, 0.29) is 0 Å². The fraction of sp³-hybridized carbons (Fsp3) is 0.250. The van der Waals surface area contributed by atoms with Gasteiger partial charge in [-0.2, -0.15) is 0 Å². The Bertz CT molecular complexity index is 436. The minimum atomic E-state index is 0.340. The summed E-state index contributed by atoms with van der Waals surface area (Å²) in [4.78, 5) is 12.5. The van der Waals surface area contributed by atoms with Gasteiger partial charge < -0.3 is 5.32 Å². The molecule has 0 aromatic carbocycles. The summed E-state index contributed by atoms with van der Waals surface area (Å²) in [6.45, 7) is 4.11. The third kappa shape index (κ3) is 2.53. The third-order valence-corrected chi connectivity index (χ3v) is 2.08. The van der Waals surface area contributed by atoms with Crippen molar-refractivity contribution in [1.29, 1.82) is 0 Å². The maximum absolute atomic E-state index is 4.25. The second-order valence-corrected chi connectivity index (χ2v) is 3.83. The topological polar surface area (TPSA) is 50.7 Å². The zero-order valence-corrected chi connectivity index (χ0v) is 9.38. The number of hydrogen-bond acceptors (Lipinski definition) is 4. The van der Waals surface area contributed by atoms with Gasteiger partial charge >= 0.3 is 0 Å². The van der Waals surface area contributed by atoms with Crippen LogP contribution in [0.2, 0.25) is 0 Å². The average molecular weight is 214 g/mol. The van der Waals surface area contributed by atoms with Crippen LogP contribution in [0.15, 0.2) is 36.9 Å². The second kappa shape index (κ2) is 4.70. The van der Waals surface area contributed by atoms with E-state index in [2.05, 4.69) is 34.1 Å². The molecule has 16 heavy (non-hydrogen) atoms. The lowest BCUT2D eigenvalue weighted by atomic mass is 10.1. The number of nitrogens with zero attached hydrogens (tertiary/aromatic N) is 3. The normalized spacial score (nSPS) is 10.4. The lowest BCUT2D eigenvalue weighted by molar-refractivity contribution is 0.874. The molecule has 0 amide bonds. The predicted molar refractivity (Wildman–Crippen MR) is 64.0 cm³/mol. The molecule has 2 aromatic heterocycles. The van der Waals surface area contributed by atoms with Crippen molar-refractivity contribution in [1.82, 2.24) is 15.0 Å². The molecule has 0 unspecified atom stereocenters. The molecular formula is C12H14N4. The Morgan fingerprint density at radius 2 is 1.62 bits per heavy atom. The van der Waals surface area contributed by atoms with E-state index in [1.54, 1.807) is 12.4 Å². The molecule has 0 atom stereocenters. The number of hydrogen-bond donors (Lipinski definition) is 1. The highest BCUT2D eigenvalue weighted by Gasteiger charge is 2.00. The summed E-state index contributed by atoms with van der Waals surface area (Å²) >= 11 is 0.